The first kappa shape index (κ1) is 12.9. The Kier molecular flexibility index (Phi) is 3.87. The molecule has 0 fully saturated rings. The minimum Gasteiger partial charge on any atom is -0.492 e. The first-order chi connectivity index (χ1) is 8.60. The van der Waals surface area contributed by atoms with Crippen molar-refractivity contribution in [1.29, 1.82) is 0 Å². The van der Waals surface area contributed by atoms with Crippen molar-refractivity contribution in [1.82, 2.24) is 0 Å². The number of benzene rings is 2. The van der Waals surface area contributed by atoms with Crippen LogP contribution in [0.25, 0.3) is 0 Å². The third-order valence-electron chi connectivity index (χ3n) is 2.65. The van der Waals surface area contributed by atoms with Gasteiger partial charge >= 0.3 is 0 Å². The van der Waals surface area contributed by atoms with E-state index in [0.29, 0.717) is 10.9 Å². The summed E-state index contributed by atoms with van der Waals surface area (Å²) in [6, 6.07) is 10.9. The van der Waals surface area contributed by atoms with Crippen molar-refractivity contribution < 1.29 is 9.13 Å². The number of hydrogen-bond acceptors (Lipinski definition) is 2. The molecule has 0 aliphatic heterocycles. The Bertz CT molecular complexity index is 531. The Hall–Kier alpha value is -1.55. The van der Waals surface area contributed by atoms with Gasteiger partial charge < -0.3 is 10.5 Å². The maximum absolute atomic E-state index is 13.7. The molecule has 18 heavy (non-hydrogen) atoms. The molecule has 0 unspecified atom stereocenters. The zero-order valence-corrected chi connectivity index (χ0v) is 11.5. The molecule has 0 saturated carbocycles. The van der Waals surface area contributed by atoms with Gasteiger partial charge in [-0.1, -0.05) is 12.1 Å². The molecule has 2 N–H and O–H groups in total. The van der Waals surface area contributed by atoms with E-state index in [4.69, 9.17) is 10.5 Å². The quantitative estimate of drug-likeness (QED) is 0.876. The fraction of sp³-hybridized carbons (Fsp3) is 0.143. The van der Waals surface area contributed by atoms with Gasteiger partial charge in [-0.05, 0) is 57.7 Å². The second kappa shape index (κ2) is 5.40. The van der Waals surface area contributed by atoms with Gasteiger partial charge in [0.25, 0.3) is 0 Å². The van der Waals surface area contributed by atoms with E-state index in [1.807, 2.05) is 30.3 Å². The van der Waals surface area contributed by atoms with Gasteiger partial charge in [-0.2, -0.15) is 0 Å². The van der Waals surface area contributed by atoms with Gasteiger partial charge in [0.2, 0.25) is 0 Å². The van der Waals surface area contributed by atoms with Crippen LogP contribution in [0, 0.1) is 5.82 Å². The number of nitrogen functional groups attached to an aromatic ring is 1. The molecular weight excluding hydrogens is 297 g/mol. The monoisotopic (exact) mass is 309 g/mol. The van der Waals surface area contributed by atoms with Crippen LogP contribution in [0.4, 0.5) is 10.1 Å². The number of anilines is 1. The molecular formula is C14H13BrFNO. The van der Waals surface area contributed by atoms with Crippen molar-refractivity contribution >= 4 is 21.6 Å². The third kappa shape index (κ3) is 2.82. The largest absolute Gasteiger partial charge is 0.492 e. The number of rotatable bonds is 3. The lowest BCUT2D eigenvalue weighted by atomic mass is 10.0. The molecule has 0 radical (unpaired) electrons. The van der Waals surface area contributed by atoms with E-state index in [0.717, 1.165) is 16.8 Å². The summed E-state index contributed by atoms with van der Waals surface area (Å²) >= 11 is 3.30. The third-order valence-corrected chi connectivity index (χ3v) is 3.24. The molecule has 2 nitrogen and oxygen atoms in total. The Morgan fingerprint density at radius 3 is 2.39 bits per heavy atom. The summed E-state index contributed by atoms with van der Waals surface area (Å²) in [6.07, 6.45) is 0.653. The smallest absolute Gasteiger partial charge is 0.168 e. The van der Waals surface area contributed by atoms with Crippen LogP contribution in [0.1, 0.15) is 11.1 Å². The summed E-state index contributed by atoms with van der Waals surface area (Å²) in [5.41, 5.74) is 8.31. The van der Waals surface area contributed by atoms with E-state index in [1.165, 1.54) is 13.2 Å². The molecule has 2 aromatic carbocycles. The fourth-order valence-electron chi connectivity index (χ4n) is 1.78. The van der Waals surface area contributed by atoms with Crippen LogP contribution in [-0.2, 0) is 6.42 Å². The second-order valence-corrected chi connectivity index (χ2v) is 4.87. The molecule has 0 aliphatic carbocycles. The van der Waals surface area contributed by atoms with Gasteiger partial charge in [-0.25, -0.2) is 4.39 Å². The maximum Gasteiger partial charge on any atom is 0.168 e. The van der Waals surface area contributed by atoms with Crippen molar-refractivity contribution in [3.63, 3.8) is 0 Å². The molecule has 0 aliphatic rings. The van der Waals surface area contributed by atoms with Crippen molar-refractivity contribution in [2.45, 2.75) is 6.42 Å². The minimum atomic E-state index is -0.364. The van der Waals surface area contributed by atoms with Gasteiger partial charge in [-0.3, -0.25) is 0 Å². The van der Waals surface area contributed by atoms with Crippen LogP contribution in [0.2, 0.25) is 0 Å². The van der Waals surface area contributed by atoms with Crippen LogP contribution < -0.4 is 10.5 Å². The molecule has 0 saturated heterocycles. The molecule has 0 aromatic heterocycles. The summed E-state index contributed by atoms with van der Waals surface area (Å²) in [4.78, 5) is 0. The lowest BCUT2D eigenvalue weighted by molar-refractivity contribution is 0.383. The topological polar surface area (TPSA) is 35.2 Å². The van der Waals surface area contributed by atoms with Gasteiger partial charge in [-0.15, -0.1) is 0 Å². The van der Waals surface area contributed by atoms with Gasteiger partial charge in [0.1, 0.15) is 0 Å². The summed E-state index contributed by atoms with van der Waals surface area (Å²) in [6.45, 7) is 0. The summed E-state index contributed by atoms with van der Waals surface area (Å²) in [5.74, 6) is -0.131. The Balaban J connectivity index is 2.27. The lowest BCUT2D eigenvalue weighted by Gasteiger charge is -2.08. The average molecular weight is 310 g/mol. The second-order valence-electron chi connectivity index (χ2n) is 4.01. The zero-order valence-electron chi connectivity index (χ0n) is 9.91. The van der Waals surface area contributed by atoms with Crippen molar-refractivity contribution in [3.8, 4) is 5.75 Å². The van der Waals surface area contributed by atoms with Crippen LogP contribution >= 0.6 is 15.9 Å². The van der Waals surface area contributed by atoms with Crippen LogP contribution in [0.15, 0.2) is 40.9 Å². The van der Waals surface area contributed by atoms with E-state index < -0.39 is 0 Å². The SMILES string of the molecule is COc1c(F)cc(Cc2ccc(N)cc2)cc1Br. The number of methoxy groups -OCH3 is 1. The summed E-state index contributed by atoms with van der Waals surface area (Å²) < 4.78 is 19.3. The first-order valence-corrected chi connectivity index (χ1v) is 6.26. The van der Waals surface area contributed by atoms with E-state index in [1.54, 1.807) is 0 Å². The molecule has 0 atom stereocenters. The Morgan fingerprint density at radius 2 is 1.83 bits per heavy atom. The molecule has 0 heterocycles. The fourth-order valence-corrected chi connectivity index (χ4v) is 2.43. The Labute approximate surface area is 114 Å². The van der Waals surface area contributed by atoms with E-state index in [9.17, 15) is 4.39 Å². The normalized spacial score (nSPS) is 10.4. The molecule has 4 heteroatoms. The van der Waals surface area contributed by atoms with Gasteiger partial charge in [0.05, 0.1) is 11.6 Å². The minimum absolute atomic E-state index is 0.232. The predicted octanol–water partition coefficient (Wildman–Crippen LogP) is 3.77. The van der Waals surface area contributed by atoms with Crippen molar-refractivity contribution in [2.75, 3.05) is 12.8 Å². The number of halogens is 2. The molecule has 0 spiro atoms. The molecule has 2 rings (SSSR count). The molecule has 2 aromatic rings. The predicted molar refractivity (Wildman–Crippen MR) is 74.3 cm³/mol. The average Bonchev–Trinajstić information content (AvgIpc) is 2.32. The summed E-state index contributed by atoms with van der Waals surface area (Å²) in [7, 11) is 1.45. The maximum atomic E-state index is 13.7. The summed E-state index contributed by atoms with van der Waals surface area (Å²) in [5, 5.41) is 0. The standard InChI is InChI=1S/C14H13BrFNO/c1-18-14-12(15)7-10(8-13(14)16)6-9-2-4-11(17)5-3-9/h2-5,7-8H,6,17H2,1H3. The molecule has 0 amide bonds. The van der Waals surface area contributed by atoms with Crippen molar-refractivity contribution in [3.05, 3.63) is 57.8 Å². The van der Waals surface area contributed by atoms with Crippen LogP contribution in [-0.4, -0.2) is 7.11 Å². The number of nitrogens with two attached hydrogens (primary N) is 1. The Morgan fingerprint density at radius 1 is 1.17 bits per heavy atom. The van der Waals surface area contributed by atoms with Gasteiger partial charge in [0, 0.05) is 5.69 Å². The highest BCUT2D eigenvalue weighted by Gasteiger charge is 2.09. The highest BCUT2D eigenvalue weighted by molar-refractivity contribution is 9.10. The highest BCUT2D eigenvalue weighted by Crippen LogP contribution is 2.30. The van der Waals surface area contributed by atoms with Crippen LogP contribution in [0.3, 0.4) is 0 Å². The van der Waals surface area contributed by atoms with E-state index in [-0.39, 0.29) is 11.6 Å². The molecule has 0 bridgehead atoms. The molecule has 94 valence electrons. The highest BCUT2D eigenvalue weighted by atomic mass is 79.9. The first-order valence-electron chi connectivity index (χ1n) is 5.46. The lowest BCUT2D eigenvalue weighted by Crippen LogP contribution is -1.95. The van der Waals surface area contributed by atoms with Crippen molar-refractivity contribution in [2.24, 2.45) is 0 Å². The van der Waals surface area contributed by atoms with E-state index in [2.05, 4.69) is 15.9 Å². The number of ether oxygens (including phenoxy) is 1. The number of hydrogen-bond donors (Lipinski definition) is 1. The van der Waals surface area contributed by atoms with E-state index >= 15 is 0 Å². The van der Waals surface area contributed by atoms with Crippen LogP contribution in [0.5, 0.6) is 5.75 Å². The van der Waals surface area contributed by atoms with Gasteiger partial charge in [0.15, 0.2) is 11.6 Å². The zero-order chi connectivity index (χ0) is 13.1.